The van der Waals surface area contributed by atoms with Crippen molar-refractivity contribution in [2.45, 2.75) is 32.7 Å². The lowest BCUT2D eigenvalue weighted by Gasteiger charge is -2.12. The maximum atomic E-state index is 6.21. The molecule has 1 unspecified atom stereocenters. The van der Waals surface area contributed by atoms with Crippen LogP contribution in [0.1, 0.15) is 37.3 Å². The van der Waals surface area contributed by atoms with Crippen LogP contribution in [-0.2, 0) is 6.54 Å². The molecule has 0 amide bonds. The first kappa shape index (κ1) is 19.4. The molecule has 0 saturated heterocycles. The Bertz CT molecular complexity index is 905. The summed E-state index contributed by atoms with van der Waals surface area (Å²) in [5.41, 5.74) is 3.31. The maximum absolute atomic E-state index is 6.21. The van der Waals surface area contributed by atoms with Crippen LogP contribution in [-0.4, -0.2) is 14.9 Å². The van der Waals surface area contributed by atoms with Gasteiger partial charge in [-0.2, -0.15) is 5.10 Å². The zero-order valence-corrected chi connectivity index (χ0v) is 17.0. The molecule has 27 heavy (non-hydrogen) atoms. The number of nitrogens with zero attached hydrogens (tertiary/aromatic N) is 2. The van der Waals surface area contributed by atoms with Crippen molar-refractivity contribution in [3.63, 3.8) is 0 Å². The van der Waals surface area contributed by atoms with E-state index in [0.29, 0.717) is 23.4 Å². The number of thiocarbonyl (C=S) groups is 1. The molecule has 0 aliphatic rings. The number of benzene rings is 2. The highest BCUT2D eigenvalue weighted by molar-refractivity contribution is 7.80. The Kier molecular flexibility index (Phi) is 6.48. The quantitative estimate of drug-likeness (QED) is 0.506. The van der Waals surface area contributed by atoms with Gasteiger partial charge >= 0.3 is 0 Å². The van der Waals surface area contributed by atoms with E-state index in [1.807, 2.05) is 53.3 Å². The molecule has 1 heterocycles. The molecular weight excluding hydrogens is 376 g/mol. The van der Waals surface area contributed by atoms with Crippen LogP contribution in [0.25, 0.3) is 0 Å². The molecule has 0 bridgehead atoms. The number of halogens is 1. The number of rotatable bonds is 6. The summed E-state index contributed by atoms with van der Waals surface area (Å²) in [6.45, 7) is 5.03. The Morgan fingerprint density at radius 1 is 1.11 bits per heavy atom. The number of anilines is 2. The summed E-state index contributed by atoms with van der Waals surface area (Å²) in [6, 6.07) is 18.0. The third kappa shape index (κ3) is 5.31. The molecule has 3 aromatic rings. The van der Waals surface area contributed by atoms with Gasteiger partial charge in [0.2, 0.25) is 0 Å². The number of hydrogen-bond donors (Lipinski definition) is 2. The van der Waals surface area contributed by atoms with E-state index in [1.54, 1.807) is 0 Å². The molecule has 0 radical (unpaired) electrons. The SMILES string of the molecule is CCC(C)c1ccc(NC(=S)Nc2ccn(Cc3ccccc3Cl)n2)cc1. The third-order valence-corrected chi connectivity index (χ3v) is 5.10. The monoisotopic (exact) mass is 398 g/mol. The van der Waals surface area contributed by atoms with Crippen molar-refractivity contribution in [1.82, 2.24) is 9.78 Å². The lowest BCUT2D eigenvalue weighted by atomic mass is 9.99. The van der Waals surface area contributed by atoms with Crippen molar-refractivity contribution in [3.05, 3.63) is 76.9 Å². The molecule has 0 saturated carbocycles. The Hall–Kier alpha value is -2.37. The summed E-state index contributed by atoms with van der Waals surface area (Å²) in [7, 11) is 0. The second kappa shape index (κ2) is 9.02. The largest absolute Gasteiger partial charge is 0.332 e. The van der Waals surface area contributed by atoms with Crippen molar-refractivity contribution >= 4 is 40.4 Å². The van der Waals surface area contributed by atoms with Crippen molar-refractivity contribution in [3.8, 4) is 0 Å². The van der Waals surface area contributed by atoms with E-state index in [2.05, 4.69) is 41.7 Å². The Balaban J connectivity index is 1.57. The van der Waals surface area contributed by atoms with Crippen LogP contribution in [0.4, 0.5) is 11.5 Å². The predicted molar refractivity (Wildman–Crippen MR) is 118 cm³/mol. The van der Waals surface area contributed by atoms with E-state index in [0.717, 1.165) is 22.7 Å². The minimum absolute atomic E-state index is 0.509. The van der Waals surface area contributed by atoms with Gasteiger partial charge in [0.1, 0.15) is 0 Å². The van der Waals surface area contributed by atoms with Crippen molar-refractivity contribution < 1.29 is 0 Å². The van der Waals surface area contributed by atoms with Crippen molar-refractivity contribution in [2.75, 3.05) is 10.6 Å². The first-order chi connectivity index (χ1) is 13.0. The highest BCUT2D eigenvalue weighted by Gasteiger charge is 2.06. The first-order valence-corrected chi connectivity index (χ1v) is 9.78. The van der Waals surface area contributed by atoms with Gasteiger partial charge in [-0.25, -0.2) is 0 Å². The van der Waals surface area contributed by atoms with Crippen LogP contribution < -0.4 is 10.6 Å². The Morgan fingerprint density at radius 2 is 1.85 bits per heavy atom. The highest BCUT2D eigenvalue weighted by atomic mass is 35.5. The fraction of sp³-hybridized carbons (Fsp3) is 0.238. The van der Waals surface area contributed by atoms with Crippen molar-refractivity contribution in [2.24, 2.45) is 0 Å². The summed E-state index contributed by atoms with van der Waals surface area (Å²) in [6.07, 6.45) is 3.03. The highest BCUT2D eigenvalue weighted by Crippen LogP contribution is 2.21. The fourth-order valence-electron chi connectivity index (χ4n) is 2.73. The molecule has 0 spiro atoms. The molecule has 6 heteroatoms. The standard InChI is InChI=1S/C21H23ClN4S/c1-3-15(2)16-8-10-18(11-9-16)23-21(27)24-20-12-13-26(25-20)14-17-6-4-5-7-19(17)22/h4-13,15H,3,14H2,1-2H3,(H2,23,24,25,27). The normalized spacial score (nSPS) is 11.8. The number of hydrogen-bond acceptors (Lipinski definition) is 2. The minimum atomic E-state index is 0.509. The van der Waals surface area contributed by atoms with E-state index in [-0.39, 0.29) is 0 Å². The van der Waals surface area contributed by atoms with Gasteiger partial charge in [-0.05, 0) is 53.9 Å². The van der Waals surface area contributed by atoms with Crippen LogP contribution in [0.5, 0.6) is 0 Å². The molecule has 2 aromatic carbocycles. The van der Waals surface area contributed by atoms with Gasteiger partial charge in [-0.1, -0.05) is 55.8 Å². The molecule has 1 atom stereocenters. The van der Waals surface area contributed by atoms with Crippen LogP contribution in [0.3, 0.4) is 0 Å². The van der Waals surface area contributed by atoms with E-state index in [4.69, 9.17) is 23.8 Å². The molecule has 0 fully saturated rings. The lowest BCUT2D eigenvalue weighted by Crippen LogP contribution is -2.19. The van der Waals surface area contributed by atoms with Gasteiger partial charge in [0.15, 0.2) is 10.9 Å². The summed E-state index contributed by atoms with van der Waals surface area (Å²) < 4.78 is 1.83. The van der Waals surface area contributed by atoms with E-state index in [9.17, 15) is 0 Å². The van der Waals surface area contributed by atoms with Gasteiger partial charge in [0.25, 0.3) is 0 Å². The van der Waals surface area contributed by atoms with Crippen LogP contribution in [0.15, 0.2) is 60.8 Å². The van der Waals surface area contributed by atoms with E-state index < -0.39 is 0 Å². The van der Waals surface area contributed by atoms with Gasteiger partial charge < -0.3 is 10.6 Å². The first-order valence-electron chi connectivity index (χ1n) is 9.00. The van der Waals surface area contributed by atoms with Crippen molar-refractivity contribution in [1.29, 1.82) is 0 Å². The number of aromatic nitrogens is 2. The molecule has 2 N–H and O–H groups in total. The third-order valence-electron chi connectivity index (χ3n) is 4.52. The van der Waals surface area contributed by atoms with Gasteiger partial charge in [0, 0.05) is 23.0 Å². The summed E-state index contributed by atoms with van der Waals surface area (Å²) >= 11 is 11.6. The Morgan fingerprint density at radius 3 is 2.56 bits per heavy atom. The average molecular weight is 399 g/mol. The van der Waals surface area contributed by atoms with Gasteiger partial charge in [0.05, 0.1) is 6.54 Å². The molecule has 140 valence electrons. The molecule has 3 rings (SSSR count). The molecule has 1 aromatic heterocycles. The Labute approximate surface area is 170 Å². The zero-order valence-electron chi connectivity index (χ0n) is 15.4. The average Bonchev–Trinajstić information content (AvgIpc) is 3.10. The smallest absolute Gasteiger partial charge is 0.176 e. The summed E-state index contributed by atoms with van der Waals surface area (Å²) in [4.78, 5) is 0. The van der Waals surface area contributed by atoms with Gasteiger partial charge in [-0.15, -0.1) is 0 Å². The minimum Gasteiger partial charge on any atom is -0.332 e. The second-order valence-electron chi connectivity index (χ2n) is 6.50. The predicted octanol–water partition coefficient (Wildman–Crippen LogP) is 5.91. The van der Waals surface area contributed by atoms with Gasteiger partial charge in [-0.3, -0.25) is 4.68 Å². The van der Waals surface area contributed by atoms with Crippen LogP contribution in [0, 0.1) is 0 Å². The van der Waals surface area contributed by atoms with E-state index in [1.165, 1.54) is 5.56 Å². The molecule has 0 aliphatic heterocycles. The second-order valence-corrected chi connectivity index (χ2v) is 7.32. The molecule has 0 aliphatic carbocycles. The molecule has 4 nitrogen and oxygen atoms in total. The van der Waals surface area contributed by atoms with Crippen LogP contribution in [0.2, 0.25) is 5.02 Å². The maximum Gasteiger partial charge on any atom is 0.176 e. The zero-order chi connectivity index (χ0) is 19.2. The summed E-state index contributed by atoms with van der Waals surface area (Å²) in [5.74, 6) is 1.25. The topological polar surface area (TPSA) is 41.9 Å². The summed E-state index contributed by atoms with van der Waals surface area (Å²) in [5, 5.41) is 12.0. The van der Waals surface area contributed by atoms with Crippen LogP contribution >= 0.6 is 23.8 Å². The molecular formula is C21H23ClN4S. The fourth-order valence-corrected chi connectivity index (χ4v) is 3.14. The van der Waals surface area contributed by atoms with E-state index >= 15 is 0 Å². The number of nitrogens with one attached hydrogen (secondary N) is 2. The lowest BCUT2D eigenvalue weighted by molar-refractivity contribution is 0.690.